The molecule has 91 heavy (non-hydrogen) atoms. The van der Waals surface area contributed by atoms with Crippen molar-refractivity contribution in [3.8, 4) is 21.1 Å². The van der Waals surface area contributed by atoms with Crippen molar-refractivity contribution < 1.29 is 24.2 Å². The molecule has 462 valence electrons. The molecule has 4 aromatic carbocycles. The number of hydrogen-bond acceptors (Lipinski definition) is 22. The zero-order valence-electron chi connectivity index (χ0n) is 50.0. The van der Waals surface area contributed by atoms with Gasteiger partial charge in [-0.05, 0) is 104 Å². The second-order valence-electron chi connectivity index (χ2n) is 20.3. The van der Waals surface area contributed by atoms with Crippen LogP contribution in [-0.2, 0) is 11.2 Å². The smallest absolute Gasteiger partial charge is 0.270 e. The molecule has 11 rings (SSSR count). The highest BCUT2D eigenvalue weighted by Gasteiger charge is 2.23. The van der Waals surface area contributed by atoms with Crippen LogP contribution < -0.4 is 21.3 Å². The third kappa shape index (κ3) is 21.2. The zero-order chi connectivity index (χ0) is 65.6. The van der Waals surface area contributed by atoms with Crippen molar-refractivity contribution in [3.05, 3.63) is 232 Å². The topological polar surface area (TPSA) is 281 Å². The standard InChI is InChI=1S/C22H19N3OS.C14H11N3O3S2.C12H7N3O2S.C12H16N2OS2.C5H6N2/c1-25(2)18-9-4-7-16(14-18)19(26)13-15-6-3-8-17(12-15)22-24-21-20(27-22)10-5-11-23-21;1-9(21)22-12-6-3-7-15-13(12)16-14(18)10-4-2-5-11(8-10)17(19)20;16-15(17)9-4-1-3-8(7-9)12-14-11-10(18-12)5-2-6-13-11;1-8(16)17-9-6-5-7-13-10(9)14-11(15)12(2,3)4;6-5-3-1-2-4-7-5/h3-12,14H,13H2,1-2H3;2-8H,1H3,(H,15,16,18);1-7H;5-7H,1-4H3,(H,13,14,15);1-4H,(H2,6,7). The molecule has 7 aromatic heterocycles. The van der Waals surface area contributed by atoms with E-state index in [0.29, 0.717) is 38.6 Å². The van der Waals surface area contributed by atoms with E-state index in [0.717, 1.165) is 62.1 Å². The van der Waals surface area contributed by atoms with E-state index < -0.39 is 21.2 Å². The van der Waals surface area contributed by atoms with E-state index in [-0.39, 0.29) is 28.6 Å². The van der Waals surface area contributed by atoms with Crippen LogP contribution in [0.4, 0.5) is 34.5 Å². The fourth-order valence-electron chi connectivity index (χ4n) is 7.65. The maximum Gasteiger partial charge on any atom is 0.270 e. The van der Waals surface area contributed by atoms with E-state index in [1.165, 1.54) is 71.3 Å². The minimum absolute atomic E-state index is 0.0555. The number of thiazole rings is 2. The number of ketones is 1. The van der Waals surface area contributed by atoms with E-state index in [2.05, 4.69) is 45.5 Å². The fourth-order valence-corrected chi connectivity index (χ4v) is 11.3. The number of nitro benzene ring substituents is 2. The Morgan fingerprint density at radius 1 is 0.571 bits per heavy atom. The van der Waals surface area contributed by atoms with Crippen LogP contribution in [0.2, 0.25) is 0 Å². The zero-order valence-corrected chi connectivity index (χ0v) is 54.9. The number of non-ortho nitro benzene ring substituents is 2. The number of amides is 2. The molecule has 20 nitrogen and oxygen atoms in total. The van der Waals surface area contributed by atoms with Gasteiger partial charge in [0, 0.05) is 118 Å². The Kier molecular flexibility index (Phi) is 25.1. The van der Waals surface area contributed by atoms with Crippen LogP contribution >= 0.6 is 70.6 Å². The van der Waals surface area contributed by atoms with Gasteiger partial charge in [-0.1, -0.05) is 123 Å². The molecule has 2 amide bonds. The highest BCUT2D eigenvalue weighted by molar-refractivity contribution is 8.23. The van der Waals surface area contributed by atoms with Gasteiger partial charge in [0.2, 0.25) is 5.91 Å². The predicted octanol–water partition coefficient (Wildman–Crippen LogP) is 16.0. The number of carbonyl (C=O) groups excluding carboxylic acids is 3. The van der Waals surface area contributed by atoms with Gasteiger partial charge < -0.3 is 21.3 Å². The van der Waals surface area contributed by atoms with Crippen molar-refractivity contribution in [3.63, 3.8) is 0 Å². The summed E-state index contributed by atoms with van der Waals surface area (Å²) >= 11 is 15.9. The van der Waals surface area contributed by atoms with Crippen molar-refractivity contribution in [2.45, 2.75) is 50.8 Å². The summed E-state index contributed by atoms with van der Waals surface area (Å²) in [5.74, 6) is 1.10. The van der Waals surface area contributed by atoms with Crippen molar-refractivity contribution in [2.75, 3.05) is 35.4 Å². The monoisotopic (exact) mass is 1330 g/mol. The molecule has 0 saturated heterocycles. The lowest BCUT2D eigenvalue weighted by Gasteiger charge is -2.18. The first kappa shape index (κ1) is 68.8. The molecule has 0 aliphatic rings. The number of benzene rings is 4. The average molecular weight is 1330 g/mol. The number of Topliss-reactive ketones (excluding diaryl/α,β-unsaturated/α-hetero) is 1. The van der Waals surface area contributed by atoms with Gasteiger partial charge in [-0.15, -0.1) is 22.7 Å². The molecule has 4 N–H and O–H groups in total. The van der Waals surface area contributed by atoms with Crippen LogP contribution in [-0.4, -0.2) is 84.8 Å². The molecule has 7 heterocycles. The van der Waals surface area contributed by atoms with Crippen LogP contribution in [0.1, 0.15) is 60.9 Å². The number of nitrogens with two attached hydrogens (primary N) is 1. The molecule has 0 atom stereocenters. The average Bonchev–Trinajstić information content (AvgIpc) is 2.34. The van der Waals surface area contributed by atoms with E-state index in [1.807, 2.05) is 150 Å². The van der Waals surface area contributed by atoms with E-state index in [9.17, 15) is 34.6 Å². The van der Waals surface area contributed by atoms with Crippen molar-refractivity contribution in [2.24, 2.45) is 5.41 Å². The number of pyridine rings is 5. The first-order chi connectivity index (χ1) is 43.5. The summed E-state index contributed by atoms with van der Waals surface area (Å²) in [5.41, 5.74) is 10.9. The van der Waals surface area contributed by atoms with E-state index >= 15 is 0 Å². The van der Waals surface area contributed by atoms with Crippen molar-refractivity contribution in [1.82, 2.24) is 34.9 Å². The number of thiocarbonyl (C=S) groups is 2. The highest BCUT2D eigenvalue weighted by atomic mass is 32.2. The Hall–Kier alpha value is -9.70. The number of fused-ring (bicyclic) bond motifs is 2. The summed E-state index contributed by atoms with van der Waals surface area (Å²) in [7, 11) is 3.94. The number of nitro groups is 2. The highest BCUT2D eigenvalue weighted by Crippen LogP contribution is 2.33. The number of thioether (sulfide) groups is 2. The van der Waals surface area contributed by atoms with E-state index in [4.69, 9.17) is 30.2 Å². The summed E-state index contributed by atoms with van der Waals surface area (Å²) in [4.78, 5) is 90.4. The van der Waals surface area contributed by atoms with Crippen LogP contribution in [0, 0.1) is 25.6 Å². The van der Waals surface area contributed by atoms with Gasteiger partial charge in [-0.3, -0.25) is 34.6 Å². The molecular weight excluding hydrogens is 1270 g/mol. The second kappa shape index (κ2) is 33.2. The minimum Gasteiger partial charge on any atom is -0.384 e. The lowest BCUT2D eigenvalue weighted by molar-refractivity contribution is -0.385. The van der Waals surface area contributed by atoms with Crippen LogP contribution in [0.5, 0.6) is 0 Å². The number of hydrogen-bond donors (Lipinski definition) is 3. The summed E-state index contributed by atoms with van der Waals surface area (Å²) in [5, 5.41) is 28.6. The quantitative estimate of drug-likeness (QED) is 0.0318. The van der Waals surface area contributed by atoms with Gasteiger partial charge in [-0.2, -0.15) is 0 Å². The van der Waals surface area contributed by atoms with Crippen molar-refractivity contribution >= 4 is 152 Å². The lowest BCUT2D eigenvalue weighted by atomic mass is 9.96. The Balaban J connectivity index is 0.000000168. The van der Waals surface area contributed by atoms with Gasteiger partial charge in [-0.25, -0.2) is 34.9 Å². The van der Waals surface area contributed by atoms with Crippen LogP contribution in [0.15, 0.2) is 205 Å². The summed E-state index contributed by atoms with van der Waals surface area (Å²) in [6, 6.07) is 48.1. The number of nitrogens with zero attached hydrogens (tertiary/aromatic N) is 10. The first-order valence-electron chi connectivity index (χ1n) is 27.4. The fraction of sp³-hybridized carbons (Fsp3) is 0.138. The summed E-state index contributed by atoms with van der Waals surface area (Å²) in [6.45, 7) is 9.22. The molecular formula is C65H59N13O7S6. The maximum absolute atomic E-state index is 12.7. The molecule has 0 aliphatic carbocycles. The van der Waals surface area contributed by atoms with Gasteiger partial charge in [0.25, 0.3) is 17.3 Å². The molecule has 0 saturated carbocycles. The number of anilines is 4. The number of rotatable bonds is 13. The Bertz CT molecular complexity index is 4330. The largest absolute Gasteiger partial charge is 0.384 e. The number of aromatic nitrogens is 7. The van der Waals surface area contributed by atoms with Gasteiger partial charge >= 0.3 is 0 Å². The van der Waals surface area contributed by atoms with Crippen molar-refractivity contribution in [1.29, 1.82) is 0 Å². The normalized spacial score (nSPS) is 10.5. The molecule has 26 heteroatoms. The minimum atomic E-state index is -0.547. The number of nitrogens with one attached hydrogen (secondary N) is 2. The van der Waals surface area contributed by atoms with E-state index in [1.54, 1.807) is 73.5 Å². The first-order valence-corrected chi connectivity index (χ1v) is 31.5. The number of carbonyl (C=O) groups is 3. The second-order valence-corrected chi connectivity index (χ2v) is 26.7. The predicted molar refractivity (Wildman–Crippen MR) is 376 cm³/mol. The summed E-state index contributed by atoms with van der Waals surface area (Å²) < 4.78 is 3.52. The molecule has 0 aliphatic heterocycles. The SMILES string of the molecule is CC(=S)Sc1cccnc1NC(=O)C(C)(C)C.CC(=S)Sc1cccnc1NC(=O)c1cccc([N+](=O)[O-])c1.CN(C)c1cccc(C(=O)Cc2cccc(-c3nc4ncccc4s3)c2)c1.Nc1ccccn1.O=[N+]([O-])c1cccc(-c2nc3ncccc3s2)c1. The third-order valence-electron chi connectivity index (χ3n) is 12.1. The molecule has 0 fully saturated rings. The molecule has 0 unspecified atom stereocenters. The Labute approximate surface area is 551 Å². The summed E-state index contributed by atoms with van der Waals surface area (Å²) in [6.07, 6.45) is 8.66. The van der Waals surface area contributed by atoms with Gasteiger partial charge in [0.1, 0.15) is 27.5 Å². The molecule has 0 radical (unpaired) electrons. The maximum atomic E-state index is 12.7. The Morgan fingerprint density at radius 2 is 1.07 bits per heavy atom. The van der Waals surface area contributed by atoms with Gasteiger partial charge in [0.15, 0.2) is 17.1 Å². The lowest BCUT2D eigenvalue weighted by Crippen LogP contribution is -2.28. The van der Waals surface area contributed by atoms with Gasteiger partial charge in [0.05, 0.1) is 29.0 Å². The van der Waals surface area contributed by atoms with Crippen LogP contribution in [0.3, 0.4) is 0 Å². The molecule has 0 bridgehead atoms. The van der Waals surface area contributed by atoms with Crippen LogP contribution in [0.25, 0.3) is 41.8 Å². The third-order valence-corrected chi connectivity index (χ3v) is 16.3. The molecule has 11 aromatic rings. The Morgan fingerprint density at radius 3 is 1.57 bits per heavy atom. The molecule has 0 spiro atoms. The number of nitrogen functional groups attached to an aromatic ring is 1.